The molecule has 2 amide bonds. The van der Waals surface area contributed by atoms with Crippen molar-refractivity contribution in [3.05, 3.63) is 59.7 Å². The molecule has 1 atom stereocenters. The Hall–Kier alpha value is -3.10. The molecule has 0 saturated carbocycles. The van der Waals surface area contributed by atoms with E-state index in [-0.39, 0.29) is 17.8 Å². The van der Waals surface area contributed by atoms with Gasteiger partial charge >= 0.3 is 6.03 Å². The lowest BCUT2D eigenvalue weighted by atomic mass is 9.94. The van der Waals surface area contributed by atoms with Gasteiger partial charge in [-0.3, -0.25) is 15.2 Å². The zero-order valence-corrected chi connectivity index (χ0v) is 20.0. The van der Waals surface area contributed by atoms with Crippen molar-refractivity contribution in [3.8, 4) is 0 Å². The second-order valence-electron chi connectivity index (χ2n) is 9.54. The molecule has 34 heavy (non-hydrogen) atoms. The van der Waals surface area contributed by atoms with E-state index >= 15 is 0 Å². The van der Waals surface area contributed by atoms with Crippen molar-refractivity contribution in [3.63, 3.8) is 0 Å². The molecule has 2 aromatic rings. The van der Waals surface area contributed by atoms with Crippen molar-refractivity contribution in [1.82, 2.24) is 9.80 Å². The molecule has 0 aliphatic carbocycles. The Morgan fingerprint density at radius 1 is 1.09 bits per heavy atom. The van der Waals surface area contributed by atoms with E-state index in [1.807, 2.05) is 40.1 Å². The number of methoxy groups -OCH3 is 1. The number of nitrogens with two attached hydrogens (primary N) is 2. The standard InChI is InChI=1S/C26H36N6O2/c1-34-18-21-16-31(26(33)32(17-21)24-4-2-3-22(13-24)25(28)29)15-20-9-11-30(12-10-20)14-19-5-7-23(27)8-6-19/h2-8,13,20-21H,9-12,14-18,27H2,1H3,(H3,28,29). The average Bonchev–Trinajstić information content (AvgIpc) is 2.84. The molecule has 0 bridgehead atoms. The van der Waals surface area contributed by atoms with Crippen LogP contribution in [-0.4, -0.2) is 68.1 Å². The van der Waals surface area contributed by atoms with Gasteiger partial charge in [-0.25, -0.2) is 4.79 Å². The van der Waals surface area contributed by atoms with Crippen LogP contribution in [0.5, 0.6) is 0 Å². The van der Waals surface area contributed by atoms with Gasteiger partial charge in [0.2, 0.25) is 0 Å². The molecular weight excluding hydrogens is 428 g/mol. The van der Waals surface area contributed by atoms with Gasteiger partial charge in [-0.2, -0.15) is 0 Å². The second-order valence-corrected chi connectivity index (χ2v) is 9.54. The van der Waals surface area contributed by atoms with Crippen molar-refractivity contribution >= 4 is 23.2 Å². The summed E-state index contributed by atoms with van der Waals surface area (Å²) < 4.78 is 5.45. The van der Waals surface area contributed by atoms with E-state index in [0.29, 0.717) is 31.2 Å². The quantitative estimate of drug-likeness (QED) is 0.316. The minimum Gasteiger partial charge on any atom is -0.399 e. The highest BCUT2D eigenvalue weighted by molar-refractivity contribution is 5.98. The molecule has 8 heteroatoms. The molecule has 0 spiro atoms. The Kier molecular flexibility index (Phi) is 7.70. The smallest absolute Gasteiger partial charge is 0.324 e. The third kappa shape index (κ3) is 5.87. The number of anilines is 2. The Morgan fingerprint density at radius 2 is 1.82 bits per heavy atom. The number of piperidine rings is 1. The van der Waals surface area contributed by atoms with E-state index in [2.05, 4.69) is 17.0 Å². The van der Waals surface area contributed by atoms with E-state index < -0.39 is 0 Å². The van der Waals surface area contributed by atoms with Crippen molar-refractivity contribution < 1.29 is 9.53 Å². The van der Waals surface area contributed by atoms with Gasteiger partial charge in [0.1, 0.15) is 5.84 Å². The van der Waals surface area contributed by atoms with E-state index in [1.165, 1.54) is 5.56 Å². The van der Waals surface area contributed by atoms with E-state index in [4.69, 9.17) is 21.6 Å². The lowest BCUT2D eigenvalue weighted by molar-refractivity contribution is 0.0986. The molecule has 4 rings (SSSR count). The fourth-order valence-corrected chi connectivity index (χ4v) is 5.03. The SMILES string of the molecule is COCC1CN(CC2CCN(Cc3ccc(N)cc3)CC2)C(=O)N(c2cccc(C(=N)N)c2)C1. The van der Waals surface area contributed by atoms with Crippen LogP contribution in [0.25, 0.3) is 0 Å². The van der Waals surface area contributed by atoms with Gasteiger partial charge in [-0.1, -0.05) is 24.3 Å². The average molecular weight is 465 g/mol. The van der Waals surface area contributed by atoms with Gasteiger partial charge in [0, 0.05) is 56.1 Å². The number of ether oxygens (including phenoxy) is 1. The molecule has 1 unspecified atom stereocenters. The van der Waals surface area contributed by atoms with Gasteiger partial charge < -0.3 is 21.1 Å². The Morgan fingerprint density at radius 3 is 2.50 bits per heavy atom. The summed E-state index contributed by atoms with van der Waals surface area (Å²) in [6.45, 7) is 5.67. The van der Waals surface area contributed by atoms with Gasteiger partial charge in [0.25, 0.3) is 0 Å². The topological polar surface area (TPSA) is 112 Å². The summed E-state index contributed by atoms with van der Waals surface area (Å²) >= 11 is 0. The van der Waals surface area contributed by atoms with Crippen LogP contribution in [-0.2, 0) is 11.3 Å². The number of amidine groups is 1. The lowest BCUT2D eigenvalue weighted by Crippen LogP contribution is -2.56. The molecule has 5 N–H and O–H groups in total. The van der Waals surface area contributed by atoms with Gasteiger partial charge in [0.05, 0.1) is 6.61 Å². The maximum absolute atomic E-state index is 13.5. The summed E-state index contributed by atoms with van der Waals surface area (Å²) in [4.78, 5) is 19.8. The number of nitrogen functional groups attached to an aromatic ring is 2. The van der Waals surface area contributed by atoms with Crippen LogP contribution in [0.4, 0.5) is 16.2 Å². The number of carbonyl (C=O) groups excluding carboxylic acids is 1. The van der Waals surface area contributed by atoms with Crippen molar-refractivity contribution in [2.45, 2.75) is 19.4 Å². The number of rotatable bonds is 8. The minimum atomic E-state index is 0.00216. The van der Waals surface area contributed by atoms with E-state index in [9.17, 15) is 4.79 Å². The lowest BCUT2D eigenvalue weighted by Gasteiger charge is -2.42. The zero-order valence-electron chi connectivity index (χ0n) is 20.0. The number of nitrogens with zero attached hydrogens (tertiary/aromatic N) is 3. The zero-order chi connectivity index (χ0) is 24.1. The first-order valence-electron chi connectivity index (χ1n) is 12.0. The third-order valence-corrected chi connectivity index (χ3v) is 6.86. The molecule has 2 aliphatic heterocycles. The summed E-state index contributed by atoms with van der Waals surface area (Å²) in [7, 11) is 1.71. The Bertz CT molecular complexity index is 987. The number of urea groups is 1. The van der Waals surface area contributed by atoms with Crippen molar-refractivity contribution in [1.29, 1.82) is 5.41 Å². The van der Waals surface area contributed by atoms with E-state index in [1.54, 1.807) is 13.2 Å². The van der Waals surface area contributed by atoms with Crippen molar-refractivity contribution in [2.24, 2.45) is 17.6 Å². The summed E-state index contributed by atoms with van der Waals surface area (Å²) in [5.74, 6) is 0.718. The van der Waals surface area contributed by atoms with Crippen LogP contribution in [0.2, 0.25) is 0 Å². The van der Waals surface area contributed by atoms with Crippen LogP contribution in [0.1, 0.15) is 24.0 Å². The maximum atomic E-state index is 13.5. The van der Waals surface area contributed by atoms with Crippen LogP contribution in [0.15, 0.2) is 48.5 Å². The predicted octanol–water partition coefficient (Wildman–Crippen LogP) is 2.97. The normalized spacial score (nSPS) is 20.0. The minimum absolute atomic E-state index is 0.00216. The summed E-state index contributed by atoms with van der Waals surface area (Å²) in [6.07, 6.45) is 2.15. The first-order chi connectivity index (χ1) is 16.4. The number of amides is 2. The molecule has 2 saturated heterocycles. The first kappa shape index (κ1) is 24.0. The van der Waals surface area contributed by atoms with Crippen LogP contribution < -0.4 is 16.4 Å². The summed E-state index contributed by atoms with van der Waals surface area (Å²) in [5.41, 5.74) is 15.0. The third-order valence-electron chi connectivity index (χ3n) is 6.86. The Balaban J connectivity index is 1.38. The number of hydrogen-bond acceptors (Lipinski definition) is 5. The highest BCUT2D eigenvalue weighted by atomic mass is 16.5. The molecule has 2 aliphatic rings. The van der Waals surface area contributed by atoms with E-state index in [0.717, 1.165) is 50.4 Å². The molecule has 8 nitrogen and oxygen atoms in total. The predicted molar refractivity (Wildman–Crippen MR) is 136 cm³/mol. The fraction of sp³-hybridized carbons (Fsp3) is 0.462. The second kappa shape index (κ2) is 10.9. The largest absolute Gasteiger partial charge is 0.399 e. The molecule has 2 heterocycles. The van der Waals surface area contributed by atoms with Crippen LogP contribution in [0.3, 0.4) is 0 Å². The fourth-order valence-electron chi connectivity index (χ4n) is 5.03. The number of hydrogen-bond donors (Lipinski definition) is 3. The summed E-state index contributed by atoms with van der Waals surface area (Å²) in [5, 5.41) is 7.74. The number of nitrogens with one attached hydrogen (secondary N) is 1. The number of carbonyl (C=O) groups is 1. The van der Waals surface area contributed by atoms with Crippen molar-refractivity contribution in [2.75, 3.05) is 57.1 Å². The molecular formula is C26H36N6O2. The van der Waals surface area contributed by atoms with Crippen LogP contribution in [0, 0.1) is 17.2 Å². The Labute approximate surface area is 202 Å². The monoisotopic (exact) mass is 464 g/mol. The number of benzene rings is 2. The van der Waals surface area contributed by atoms with Gasteiger partial charge in [-0.05, 0) is 61.7 Å². The highest BCUT2D eigenvalue weighted by Crippen LogP contribution is 2.27. The first-order valence-corrected chi connectivity index (χ1v) is 12.0. The molecule has 0 aromatic heterocycles. The molecule has 2 aromatic carbocycles. The number of likely N-dealkylation sites (tertiary alicyclic amines) is 1. The summed E-state index contributed by atoms with van der Waals surface area (Å²) in [6, 6.07) is 15.5. The molecule has 2 fully saturated rings. The maximum Gasteiger partial charge on any atom is 0.324 e. The van der Waals surface area contributed by atoms with Gasteiger partial charge in [-0.15, -0.1) is 0 Å². The van der Waals surface area contributed by atoms with Gasteiger partial charge in [0.15, 0.2) is 0 Å². The molecule has 0 radical (unpaired) electrons. The van der Waals surface area contributed by atoms with Crippen LogP contribution >= 0.6 is 0 Å². The highest BCUT2D eigenvalue weighted by Gasteiger charge is 2.34. The molecule has 182 valence electrons.